The molecular weight excluding hydrogens is 326 g/mol. The molecule has 0 amide bonds. The molecule has 0 saturated heterocycles. The molecule has 4 nitrogen and oxygen atoms in total. The summed E-state index contributed by atoms with van der Waals surface area (Å²) in [7, 11) is 0. The van der Waals surface area contributed by atoms with Gasteiger partial charge in [-0.25, -0.2) is 4.79 Å². The molecule has 1 atom stereocenters. The Balaban J connectivity index is 2.50. The lowest BCUT2D eigenvalue weighted by molar-refractivity contribution is 0.0509. The Morgan fingerprint density at radius 1 is 1.38 bits per heavy atom. The van der Waals surface area contributed by atoms with Crippen LogP contribution in [0.2, 0.25) is 0 Å². The number of aryl methyl sites for hydroxylation is 1. The highest BCUT2D eigenvalue weighted by Crippen LogP contribution is 2.42. The molecular formula is C22H31NO3. The van der Waals surface area contributed by atoms with Crippen molar-refractivity contribution in [2.45, 2.75) is 60.8 Å². The van der Waals surface area contributed by atoms with Crippen molar-refractivity contribution in [1.29, 1.82) is 0 Å². The third-order valence-corrected chi connectivity index (χ3v) is 5.29. The molecule has 1 heterocycles. The summed E-state index contributed by atoms with van der Waals surface area (Å²) in [5.74, 6) is -0.0860. The van der Waals surface area contributed by atoms with E-state index in [0.29, 0.717) is 5.92 Å². The van der Waals surface area contributed by atoms with E-state index in [2.05, 4.69) is 27.4 Å². The van der Waals surface area contributed by atoms with Gasteiger partial charge < -0.3 is 4.74 Å². The van der Waals surface area contributed by atoms with E-state index in [-0.39, 0.29) is 23.6 Å². The minimum atomic E-state index is -0.467. The molecule has 0 aromatic carbocycles. The fraction of sp³-hybridized carbons (Fsp3) is 0.545. The number of esters is 1. The topological polar surface area (TPSA) is 48.3 Å². The molecule has 1 unspecified atom stereocenters. The molecule has 1 aliphatic carbocycles. The van der Waals surface area contributed by atoms with Crippen LogP contribution in [0, 0.1) is 18.3 Å². The Kier molecular flexibility index (Phi) is 5.94. The lowest BCUT2D eigenvalue weighted by Crippen LogP contribution is -2.24. The second kappa shape index (κ2) is 7.65. The monoisotopic (exact) mass is 357 g/mol. The number of rotatable bonds is 3. The second-order valence-electron chi connectivity index (χ2n) is 8.25. The lowest BCUT2D eigenvalue weighted by atomic mass is 9.69. The zero-order valence-electron chi connectivity index (χ0n) is 16.9. The maximum atomic E-state index is 12.3. The standard InChI is InChI=1S/C22H31NO3/c1-8-26-21(25)20-11-15(3)19(23(20)16(4)24)13-17-12-18(22(5,6)7)10-9-14(17)2/h11,13,18H,2,8-10,12H2,1,3-7H3/b17-13-. The van der Waals surface area contributed by atoms with Crippen LogP contribution in [0.1, 0.15) is 80.4 Å². The average molecular weight is 357 g/mol. The maximum Gasteiger partial charge on any atom is 0.355 e. The number of allylic oxidation sites excluding steroid dienone is 2. The Morgan fingerprint density at radius 2 is 2.04 bits per heavy atom. The molecule has 142 valence electrons. The van der Waals surface area contributed by atoms with Crippen LogP contribution in [0.25, 0.3) is 6.08 Å². The highest BCUT2D eigenvalue weighted by molar-refractivity contribution is 5.95. The van der Waals surface area contributed by atoms with E-state index in [1.54, 1.807) is 13.0 Å². The summed E-state index contributed by atoms with van der Waals surface area (Å²) < 4.78 is 6.58. The van der Waals surface area contributed by atoms with Gasteiger partial charge in [-0.2, -0.15) is 0 Å². The smallest absolute Gasteiger partial charge is 0.355 e. The second-order valence-corrected chi connectivity index (χ2v) is 8.25. The minimum absolute atomic E-state index is 0.193. The van der Waals surface area contributed by atoms with E-state index in [0.717, 1.165) is 36.1 Å². The first-order valence-electron chi connectivity index (χ1n) is 9.35. The molecule has 0 bridgehead atoms. The van der Waals surface area contributed by atoms with Crippen molar-refractivity contribution in [3.63, 3.8) is 0 Å². The van der Waals surface area contributed by atoms with Crippen LogP contribution >= 0.6 is 0 Å². The minimum Gasteiger partial charge on any atom is -0.461 e. The van der Waals surface area contributed by atoms with Crippen molar-refractivity contribution < 1.29 is 14.3 Å². The SMILES string of the molecule is C=C1CCC(C(C)(C)C)C/C1=C/c1c(C)cc(C(=O)OCC)n1C(C)=O. The Bertz CT molecular complexity index is 759. The molecule has 0 aliphatic heterocycles. The van der Waals surface area contributed by atoms with Crippen molar-refractivity contribution in [2.24, 2.45) is 11.3 Å². The van der Waals surface area contributed by atoms with Gasteiger partial charge >= 0.3 is 5.97 Å². The molecule has 0 spiro atoms. The molecule has 1 saturated carbocycles. The summed E-state index contributed by atoms with van der Waals surface area (Å²) in [4.78, 5) is 24.5. The van der Waals surface area contributed by atoms with E-state index >= 15 is 0 Å². The van der Waals surface area contributed by atoms with E-state index < -0.39 is 5.97 Å². The number of carbonyl (C=O) groups excluding carboxylic acids is 2. The van der Waals surface area contributed by atoms with E-state index in [1.807, 2.05) is 13.0 Å². The Labute approximate surface area is 156 Å². The molecule has 0 radical (unpaired) electrons. The zero-order chi connectivity index (χ0) is 19.6. The van der Waals surface area contributed by atoms with Gasteiger partial charge in [0.15, 0.2) is 0 Å². The predicted octanol–water partition coefficient (Wildman–Crippen LogP) is 5.42. The molecule has 0 N–H and O–H groups in total. The molecule has 4 heteroatoms. The third-order valence-electron chi connectivity index (χ3n) is 5.29. The van der Waals surface area contributed by atoms with Crippen molar-refractivity contribution in [1.82, 2.24) is 4.57 Å². The van der Waals surface area contributed by atoms with Crippen LogP contribution in [0.15, 0.2) is 23.8 Å². The number of aromatic nitrogens is 1. The predicted molar refractivity (Wildman–Crippen MR) is 105 cm³/mol. The lowest BCUT2D eigenvalue weighted by Gasteiger charge is -2.36. The highest BCUT2D eigenvalue weighted by atomic mass is 16.5. The Morgan fingerprint density at radius 3 is 2.58 bits per heavy atom. The number of ether oxygens (including phenoxy) is 1. The summed E-state index contributed by atoms with van der Waals surface area (Å²) in [6.07, 6.45) is 5.10. The number of carbonyl (C=O) groups is 2. The van der Waals surface area contributed by atoms with Gasteiger partial charge in [-0.05, 0) is 67.7 Å². The maximum absolute atomic E-state index is 12.3. The summed E-state index contributed by atoms with van der Waals surface area (Å²) in [6.45, 7) is 16.5. The summed E-state index contributed by atoms with van der Waals surface area (Å²) in [6, 6.07) is 1.73. The Hall–Kier alpha value is -2.10. The summed E-state index contributed by atoms with van der Waals surface area (Å²) in [5.41, 5.74) is 4.47. The molecule has 1 fully saturated rings. The normalized spacial score (nSPS) is 19.7. The van der Waals surface area contributed by atoms with Gasteiger partial charge in [-0.3, -0.25) is 9.36 Å². The van der Waals surface area contributed by atoms with Gasteiger partial charge in [0.2, 0.25) is 5.91 Å². The van der Waals surface area contributed by atoms with Crippen LogP contribution in [0.5, 0.6) is 0 Å². The third kappa shape index (κ3) is 4.17. The van der Waals surface area contributed by atoms with Gasteiger partial charge in [-0.15, -0.1) is 0 Å². The largest absolute Gasteiger partial charge is 0.461 e. The average Bonchev–Trinajstić information content (AvgIpc) is 2.85. The molecule has 1 aliphatic rings. The van der Waals surface area contributed by atoms with E-state index in [1.165, 1.54) is 17.1 Å². The summed E-state index contributed by atoms with van der Waals surface area (Å²) in [5, 5.41) is 0. The van der Waals surface area contributed by atoms with Crippen LogP contribution < -0.4 is 0 Å². The molecule has 1 aromatic rings. The molecule has 2 rings (SSSR count). The number of hydrogen-bond acceptors (Lipinski definition) is 3. The number of hydrogen-bond donors (Lipinski definition) is 0. The van der Waals surface area contributed by atoms with Gasteiger partial charge in [0.05, 0.1) is 12.3 Å². The number of nitrogens with zero attached hydrogens (tertiary/aromatic N) is 1. The van der Waals surface area contributed by atoms with Crippen LogP contribution in [0.3, 0.4) is 0 Å². The van der Waals surface area contributed by atoms with E-state index in [9.17, 15) is 9.59 Å². The molecule has 1 aromatic heterocycles. The summed E-state index contributed by atoms with van der Waals surface area (Å²) >= 11 is 0. The first kappa shape index (κ1) is 20.2. The quantitative estimate of drug-likeness (QED) is 0.679. The van der Waals surface area contributed by atoms with Crippen molar-refractivity contribution in [3.8, 4) is 0 Å². The van der Waals surface area contributed by atoms with Gasteiger partial charge in [0.1, 0.15) is 5.69 Å². The van der Waals surface area contributed by atoms with Crippen LogP contribution in [0.4, 0.5) is 0 Å². The van der Waals surface area contributed by atoms with Crippen LogP contribution in [-0.2, 0) is 4.74 Å². The van der Waals surface area contributed by atoms with Gasteiger partial charge in [0, 0.05) is 6.92 Å². The first-order chi connectivity index (χ1) is 12.1. The van der Waals surface area contributed by atoms with Gasteiger partial charge in [0.25, 0.3) is 0 Å². The molecule has 26 heavy (non-hydrogen) atoms. The highest BCUT2D eigenvalue weighted by Gasteiger charge is 2.30. The van der Waals surface area contributed by atoms with Gasteiger partial charge in [-0.1, -0.05) is 32.9 Å². The van der Waals surface area contributed by atoms with Crippen LogP contribution in [-0.4, -0.2) is 23.1 Å². The fourth-order valence-corrected chi connectivity index (χ4v) is 3.61. The zero-order valence-corrected chi connectivity index (χ0v) is 16.9. The first-order valence-corrected chi connectivity index (χ1v) is 9.35. The fourth-order valence-electron chi connectivity index (χ4n) is 3.61. The van der Waals surface area contributed by atoms with E-state index in [4.69, 9.17) is 4.74 Å². The van der Waals surface area contributed by atoms with Crippen molar-refractivity contribution in [3.05, 3.63) is 40.7 Å². The van der Waals surface area contributed by atoms with Crippen molar-refractivity contribution >= 4 is 18.0 Å². The van der Waals surface area contributed by atoms with Crippen molar-refractivity contribution in [2.75, 3.05) is 6.61 Å².